The first-order valence-corrected chi connectivity index (χ1v) is 5.39. The van der Waals surface area contributed by atoms with Gasteiger partial charge in [-0.3, -0.25) is 10.3 Å². The zero-order valence-corrected chi connectivity index (χ0v) is 11.9. The van der Waals surface area contributed by atoms with E-state index in [1.54, 1.807) is 0 Å². The number of carbonyl (C=O) groups is 1. The summed E-state index contributed by atoms with van der Waals surface area (Å²) in [6.45, 7) is 1.90. The number of para-hydroxylation sites is 1. The van der Waals surface area contributed by atoms with Crippen LogP contribution in [-0.4, -0.2) is 19.0 Å². The number of hydrogen-bond acceptors (Lipinski definition) is 2. The van der Waals surface area contributed by atoms with E-state index < -0.39 is 6.03 Å². The second-order valence-corrected chi connectivity index (χ2v) is 3.97. The van der Waals surface area contributed by atoms with Crippen LogP contribution in [0.25, 0.3) is 0 Å². The van der Waals surface area contributed by atoms with Crippen molar-refractivity contribution in [1.29, 1.82) is 0 Å². The van der Waals surface area contributed by atoms with E-state index in [2.05, 4.69) is 31.6 Å². The molecular weight excluding hydrogens is 307 g/mol. The van der Waals surface area contributed by atoms with Crippen LogP contribution in [0.15, 0.2) is 27.7 Å². The van der Waals surface area contributed by atoms with E-state index >= 15 is 0 Å². The van der Waals surface area contributed by atoms with Crippen molar-refractivity contribution < 1.29 is 4.79 Å². The predicted octanol–water partition coefficient (Wildman–Crippen LogP) is 2.25. The second kappa shape index (κ2) is 7.13. The molecule has 0 saturated heterocycles. The topological polar surface area (TPSA) is 79.5 Å². The van der Waals surface area contributed by atoms with Gasteiger partial charge in [0.25, 0.3) is 0 Å². The lowest BCUT2D eigenvalue weighted by molar-refractivity contribution is 0.256. The van der Waals surface area contributed by atoms with Gasteiger partial charge in [-0.15, -0.1) is 12.4 Å². The molecule has 0 bridgehead atoms. The molecule has 17 heavy (non-hydrogen) atoms. The fourth-order valence-corrected chi connectivity index (χ4v) is 1.67. The Balaban J connectivity index is 0.00000256. The highest BCUT2D eigenvalue weighted by molar-refractivity contribution is 9.10. The minimum Gasteiger partial charge on any atom is -0.370 e. The number of benzene rings is 1. The third-order valence-corrected chi connectivity index (χ3v) is 2.60. The van der Waals surface area contributed by atoms with Gasteiger partial charge in [0.1, 0.15) is 0 Å². The minimum atomic E-state index is -0.418. The SMILES string of the molecule is CN=C(N)NC(=O)Nc1c(C)cccc1Br.Cl. The average Bonchev–Trinajstić information content (AvgIpc) is 2.23. The van der Waals surface area contributed by atoms with E-state index in [1.807, 2.05) is 25.1 Å². The fraction of sp³-hybridized carbons (Fsp3) is 0.200. The van der Waals surface area contributed by atoms with Gasteiger partial charge in [-0.05, 0) is 34.5 Å². The predicted molar refractivity (Wildman–Crippen MR) is 75.8 cm³/mol. The number of amides is 2. The number of carbonyl (C=O) groups excluding carboxylic acids is 1. The van der Waals surface area contributed by atoms with Crippen molar-refractivity contribution in [1.82, 2.24) is 5.32 Å². The highest BCUT2D eigenvalue weighted by Crippen LogP contribution is 2.25. The van der Waals surface area contributed by atoms with Crippen LogP contribution in [0.2, 0.25) is 0 Å². The number of hydrogen-bond donors (Lipinski definition) is 3. The summed E-state index contributed by atoms with van der Waals surface area (Å²) in [7, 11) is 1.50. The van der Waals surface area contributed by atoms with E-state index in [0.29, 0.717) is 5.69 Å². The lowest BCUT2D eigenvalue weighted by Gasteiger charge is -2.10. The van der Waals surface area contributed by atoms with Crippen molar-refractivity contribution in [2.75, 3.05) is 12.4 Å². The largest absolute Gasteiger partial charge is 0.370 e. The molecule has 0 saturated carbocycles. The van der Waals surface area contributed by atoms with Gasteiger partial charge in [-0.1, -0.05) is 12.1 Å². The van der Waals surface area contributed by atoms with Crippen molar-refractivity contribution in [3.63, 3.8) is 0 Å². The van der Waals surface area contributed by atoms with Crippen molar-refractivity contribution in [3.8, 4) is 0 Å². The van der Waals surface area contributed by atoms with E-state index in [9.17, 15) is 4.79 Å². The molecule has 7 heteroatoms. The number of halogens is 2. The fourth-order valence-electron chi connectivity index (χ4n) is 1.11. The quantitative estimate of drug-likeness (QED) is 0.548. The maximum absolute atomic E-state index is 11.5. The number of anilines is 1. The standard InChI is InChI=1S/C10H13BrN4O.ClH/c1-6-4-3-5-7(11)8(6)14-10(16)15-9(12)13-2;/h3-5H,1-2H3,(H4,12,13,14,15,16);1H. The van der Waals surface area contributed by atoms with Crippen molar-refractivity contribution in [2.45, 2.75) is 6.92 Å². The molecule has 4 N–H and O–H groups in total. The van der Waals surface area contributed by atoms with E-state index in [0.717, 1.165) is 10.0 Å². The van der Waals surface area contributed by atoms with Gasteiger partial charge < -0.3 is 11.1 Å². The highest BCUT2D eigenvalue weighted by Gasteiger charge is 2.07. The molecule has 0 aromatic heterocycles. The third-order valence-electron chi connectivity index (χ3n) is 1.94. The Kier molecular flexibility index (Phi) is 6.60. The molecule has 0 aliphatic rings. The lowest BCUT2D eigenvalue weighted by Crippen LogP contribution is -2.39. The molecule has 0 aliphatic carbocycles. The summed E-state index contributed by atoms with van der Waals surface area (Å²) < 4.78 is 0.814. The van der Waals surface area contributed by atoms with Crippen LogP contribution < -0.4 is 16.4 Å². The van der Waals surface area contributed by atoms with Gasteiger partial charge in [-0.2, -0.15) is 0 Å². The van der Waals surface area contributed by atoms with Crippen LogP contribution in [0, 0.1) is 6.92 Å². The zero-order chi connectivity index (χ0) is 12.1. The number of nitrogens with one attached hydrogen (secondary N) is 2. The molecule has 0 heterocycles. The zero-order valence-electron chi connectivity index (χ0n) is 9.45. The Morgan fingerprint density at radius 1 is 1.47 bits per heavy atom. The van der Waals surface area contributed by atoms with Crippen LogP contribution in [0.1, 0.15) is 5.56 Å². The highest BCUT2D eigenvalue weighted by atomic mass is 79.9. The summed E-state index contributed by atoms with van der Waals surface area (Å²) >= 11 is 3.35. The molecule has 0 fully saturated rings. The van der Waals surface area contributed by atoms with Gasteiger partial charge in [-0.25, -0.2) is 4.79 Å². The number of aryl methyl sites for hydroxylation is 1. The average molecular weight is 322 g/mol. The van der Waals surface area contributed by atoms with Crippen molar-refractivity contribution in [2.24, 2.45) is 10.7 Å². The normalized spacial score (nSPS) is 10.4. The number of nitrogens with zero attached hydrogens (tertiary/aromatic N) is 1. The summed E-state index contributed by atoms with van der Waals surface area (Å²) in [5, 5.41) is 5.08. The Hall–Kier alpha value is -1.27. The Labute approximate surface area is 114 Å². The minimum absolute atomic E-state index is 0. The number of guanidine groups is 1. The molecule has 0 unspecified atom stereocenters. The second-order valence-electron chi connectivity index (χ2n) is 3.12. The van der Waals surface area contributed by atoms with Gasteiger partial charge in [0.2, 0.25) is 0 Å². The van der Waals surface area contributed by atoms with E-state index in [1.165, 1.54) is 7.05 Å². The Morgan fingerprint density at radius 3 is 2.65 bits per heavy atom. The molecule has 1 aromatic rings. The maximum Gasteiger partial charge on any atom is 0.326 e. The molecule has 94 valence electrons. The maximum atomic E-state index is 11.5. The Morgan fingerprint density at radius 2 is 2.12 bits per heavy atom. The molecule has 0 atom stereocenters. The third kappa shape index (κ3) is 4.62. The van der Waals surface area contributed by atoms with Crippen LogP contribution >= 0.6 is 28.3 Å². The summed E-state index contributed by atoms with van der Waals surface area (Å²) in [4.78, 5) is 15.1. The summed E-state index contributed by atoms with van der Waals surface area (Å²) in [6.07, 6.45) is 0. The van der Waals surface area contributed by atoms with Gasteiger partial charge in [0.15, 0.2) is 5.96 Å². The molecule has 1 rings (SSSR count). The first-order chi connectivity index (χ1) is 7.54. The smallest absolute Gasteiger partial charge is 0.326 e. The molecule has 0 aliphatic heterocycles. The van der Waals surface area contributed by atoms with Gasteiger partial charge in [0.05, 0.1) is 5.69 Å². The molecular formula is C10H14BrClN4O. The number of aliphatic imine (C=N–C) groups is 1. The van der Waals surface area contributed by atoms with Crippen LogP contribution in [0.3, 0.4) is 0 Å². The Bertz CT molecular complexity index is 416. The van der Waals surface area contributed by atoms with Crippen molar-refractivity contribution in [3.05, 3.63) is 28.2 Å². The number of rotatable bonds is 1. The molecule has 0 radical (unpaired) electrons. The molecule has 0 spiro atoms. The van der Waals surface area contributed by atoms with Crippen LogP contribution in [0.5, 0.6) is 0 Å². The summed E-state index contributed by atoms with van der Waals surface area (Å²) in [6, 6.07) is 5.22. The number of nitrogens with two attached hydrogens (primary N) is 1. The lowest BCUT2D eigenvalue weighted by atomic mass is 10.2. The van der Waals surface area contributed by atoms with E-state index in [4.69, 9.17) is 5.73 Å². The van der Waals surface area contributed by atoms with Gasteiger partial charge in [0, 0.05) is 11.5 Å². The molecule has 2 amide bonds. The molecule has 1 aromatic carbocycles. The summed E-state index contributed by atoms with van der Waals surface area (Å²) in [5.41, 5.74) is 7.04. The number of urea groups is 1. The van der Waals surface area contributed by atoms with Crippen molar-refractivity contribution >= 4 is 46.0 Å². The summed E-state index contributed by atoms with van der Waals surface area (Å²) in [5.74, 6) is 0.0715. The first-order valence-electron chi connectivity index (χ1n) is 4.60. The molecule has 5 nitrogen and oxygen atoms in total. The van der Waals surface area contributed by atoms with E-state index in [-0.39, 0.29) is 18.4 Å². The first kappa shape index (κ1) is 15.7. The van der Waals surface area contributed by atoms with Crippen LogP contribution in [0.4, 0.5) is 10.5 Å². The monoisotopic (exact) mass is 320 g/mol. The van der Waals surface area contributed by atoms with Crippen LogP contribution in [-0.2, 0) is 0 Å². The van der Waals surface area contributed by atoms with Gasteiger partial charge >= 0.3 is 6.03 Å².